The fourth-order valence-electron chi connectivity index (χ4n) is 3.11. The smallest absolute Gasteiger partial charge is 0.147 e. The second-order valence-corrected chi connectivity index (χ2v) is 6.90. The maximum atomic E-state index is 11.0. The number of fused-ring (bicyclic) bond motifs is 1. The number of phenols is 1. The summed E-state index contributed by atoms with van der Waals surface area (Å²) in [5.41, 5.74) is 3.87. The lowest BCUT2D eigenvalue weighted by Gasteiger charge is -2.23. The van der Waals surface area contributed by atoms with Crippen LogP contribution in [0.2, 0.25) is 0 Å². The van der Waals surface area contributed by atoms with Crippen LogP contribution < -0.4 is 5.32 Å². The normalized spacial score (nSPS) is 12.4. The molecule has 0 amide bonds. The Morgan fingerprint density at radius 2 is 1.97 bits per heavy atom. The van der Waals surface area contributed by atoms with Crippen molar-refractivity contribution in [2.45, 2.75) is 19.9 Å². The number of allylic oxidation sites excluding steroid dienone is 1. The molecule has 0 aliphatic carbocycles. The lowest BCUT2D eigenvalue weighted by atomic mass is 9.95. The van der Waals surface area contributed by atoms with E-state index in [1.807, 2.05) is 56.3 Å². The van der Waals surface area contributed by atoms with E-state index in [0.717, 1.165) is 22.1 Å². The lowest BCUT2D eigenvalue weighted by molar-refractivity contribution is 0.302. The molecule has 5 nitrogen and oxygen atoms in total. The van der Waals surface area contributed by atoms with Crippen molar-refractivity contribution in [3.8, 4) is 5.75 Å². The molecular formula is C24H25N3O2. The Morgan fingerprint density at radius 1 is 1.17 bits per heavy atom. The minimum atomic E-state index is -0.421. The summed E-state index contributed by atoms with van der Waals surface area (Å²) < 4.78 is 5.22. The molecule has 0 saturated carbocycles. The number of pyridine rings is 2. The number of aromatic hydroxyl groups is 1. The van der Waals surface area contributed by atoms with E-state index in [9.17, 15) is 5.11 Å². The van der Waals surface area contributed by atoms with Crippen LogP contribution >= 0.6 is 0 Å². The molecule has 0 fully saturated rings. The topological polar surface area (TPSA) is 67.3 Å². The summed E-state index contributed by atoms with van der Waals surface area (Å²) in [6.07, 6.45) is 5.30. The van der Waals surface area contributed by atoms with Gasteiger partial charge in [0.15, 0.2) is 0 Å². The summed E-state index contributed by atoms with van der Waals surface area (Å²) in [7, 11) is 1.58. The first-order valence-corrected chi connectivity index (χ1v) is 9.27. The number of aromatic nitrogens is 2. The number of phenolic OH excluding ortho intramolecular Hbond substituents is 1. The van der Waals surface area contributed by atoms with Crippen molar-refractivity contribution in [1.82, 2.24) is 9.97 Å². The highest BCUT2D eigenvalue weighted by Gasteiger charge is 2.21. The Kier molecular flexibility index (Phi) is 5.98. The number of ether oxygens (including phenoxy) is 1. The van der Waals surface area contributed by atoms with Gasteiger partial charge < -0.3 is 15.2 Å². The van der Waals surface area contributed by atoms with Gasteiger partial charge in [0.05, 0.1) is 13.2 Å². The van der Waals surface area contributed by atoms with Gasteiger partial charge in [-0.2, -0.15) is 0 Å². The number of rotatable bonds is 7. The number of methoxy groups -OCH3 is 1. The molecule has 3 aromatic rings. The van der Waals surface area contributed by atoms with Gasteiger partial charge in [0.25, 0.3) is 0 Å². The summed E-state index contributed by atoms with van der Waals surface area (Å²) in [4.78, 5) is 8.73. The van der Waals surface area contributed by atoms with Crippen molar-refractivity contribution in [2.75, 3.05) is 12.4 Å². The van der Waals surface area contributed by atoms with Gasteiger partial charge in [-0.3, -0.25) is 4.98 Å². The van der Waals surface area contributed by atoms with Crippen LogP contribution in [0, 0.1) is 6.92 Å². The van der Waals surface area contributed by atoms with Gasteiger partial charge in [-0.1, -0.05) is 37.4 Å². The van der Waals surface area contributed by atoms with E-state index in [1.165, 1.54) is 0 Å². The van der Waals surface area contributed by atoms with Crippen LogP contribution in [-0.2, 0) is 4.74 Å². The van der Waals surface area contributed by atoms with Crippen molar-refractivity contribution in [2.24, 2.45) is 0 Å². The largest absolute Gasteiger partial charge is 0.505 e. The Hall–Kier alpha value is -3.60. The third-order valence-electron chi connectivity index (χ3n) is 4.76. The molecule has 5 heteroatoms. The Bertz CT molecular complexity index is 1100. The average Bonchev–Trinajstić information content (AvgIpc) is 2.72. The zero-order valence-electron chi connectivity index (χ0n) is 16.9. The zero-order chi connectivity index (χ0) is 21.0. The molecule has 148 valence electrons. The van der Waals surface area contributed by atoms with Gasteiger partial charge in [-0.15, -0.1) is 0 Å². The molecule has 29 heavy (non-hydrogen) atoms. The molecule has 0 aliphatic rings. The average molecular weight is 387 g/mol. The van der Waals surface area contributed by atoms with Crippen LogP contribution in [0.4, 0.5) is 5.82 Å². The number of nitrogens with one attached hydrogen (secondary N) is 1. The zero-order valence-corrected chi connectivity index (χ0v) is 16.9. The summed E-state index contributed by atoms with van der Waals surface area (Å²) in [5.74, 6) is 1.36. The van der Waals surface area contributed by atoms with Crippen LogP contribution in [0.5, 0.6) is 5.75 Å². The number of benzene rings is 1. The third-order valence-corrected chi connectivity index (χ3v) is 4.76. The highest BCUT2D eigenvalue weighted by Crippen LogP contribution is 2.36. The molecule has 2 N–H and O–H groups in total. The van der Waals surface area contributed by atoms with E-state index in [2.05, 4.69) is 28.4 Å². The predicted molar refractivity (Wildman–Crippen MR) is 118 cm³/mol. The first kappa shape index (κ1) is 20.1. The molecule has 1 aromatic carbocycles. The molecule has 0 spiro atoms. The van der Waals surface area contributed by atoms with Crippen molar-refractivity contribution < 1.29 is 9.84 Å². The predicted octanol–water partition coefficient (Wildman–Crippen LogP) is 5.46. The molecule has 0 aliphatic heterocycles. The van der Waals surface area contributed by atoms with E-state index >= 15 is 0 Å². The molecule has 2 heterocycles. The summed E-state index contributed by atoms with van der Waals surface area (Å²) in [6.45, 7) is 12.0. The third kappa shape index (κ3) is 4.46. The van der Waals surface area contributed by atoms with Crippen LogP contribution in [0.25, 0.3) is 10.9 Å². The SMILES string of the molecule is C=C(OC)C(C)=CC(=C)C(Nc1cc(C)ccn1)c1ccc2cccnc2c1O. The van der Waals surface area contributed by atoms with E-state index in [0.29, 0.717) is 22.7 Å². The monoisotopic (exact) mass is 387 g/mol. The minimum Gasteiger partial charge on any atom is -0.505 e. The maximum Gasteiger partial charge on any atom is 0.147 e. The van der Waals surface area contributed by atoms with Gasteiger partial charge >= 0.3 is 0 Å². The quantitative estimate of drug-likeness (QED) is 0.416. The molecule has 0 saturated heterocycles. The minimum absolute atomic E-state index is 0.117. The molecule has 0 radical (unpaired) electrons. The van der Waals surface area contributed by atoms with Crippen LogP contribution in [0.3, 0.4) is 0 Å². The Labute approximate surface area is 171 Å². The summed E-state index contributed by atoms with van der Waals surface area (Å²) in [5, 5.41) is 15.2. The lowest BCUT2D eigenvalue weighted by Crippen LogP contribution is -2.14. The van der Waals surface area contributed by atoms with E-state index < -0.39 is 6.04 Å². The van der Waals surface area contributed by atoms with Crippen molar-refractivity contribution in [1.29, 1.82) is 0 Å². The van der Waals surface area contributed by atoms with Crippen LogP contribution in [0.15, 0.2) is 84.9 Å². The second-order valence-electron chi connectivity index (χ2n) is 6.90. The summed E-state index contributed by atoms with van der Waals surface area (Å²) >= 11 is 0. The standard InChI is InChI=1S/C24H25N3O2/c1-15-10-12-25-21(13-15)27-22(17(3)14-16(2)18(4)29-5)20-9-8-19-7-6-11-26-23(19)24(20)28/h6-14,22,28H,3-4H2,1-2,5H3,(H,25,27). The van der Waals surface area contributed by atoms with Crippen LogP contribution in [-0.4, -0.2) is 22.2 Å². The number of nitrogens with zero attached hydrogens (tertiary/aromatic N) is 2. The van der Waals surface area contributed by atoms with Gasteiger partial charge in [0.1, 0.15) is 22.8 Å². The summed E-state index contributed by atoms with van der Waals surface area (Å²) in [6, 6.07) is 11.0. The highest BCUT2D eigenvalue weighted by atomic mass is 16.5. The van der Waals surface area contributed by atoms with Gasteiger partial charge in [-0.05, 0) is 48.8 Å². The fourth-order valence-corrected chi connectivity index (χ4v) is 3.11. The number of hydrogen-bond donors (Lipinski definition) is 2. The fraction of sp³-hybridized carbons (Fsp3) is 0.167. The first-order chi connectivity index (χ1) is 13.9. The van der Waals surface area contributed by atoms with Crippen molar-refractivity contribution in [3.63, 3.8) is 0 Å². The Balaban J connectivity index is 2.08. The number of hydrogen-bond acceptors (Lipinski definition) is 5. The molecule has 3 rings (SSSR count). The molecule has 2 aromatic heterocycles. The molecule has 1 unspecified atom stereocenters. The van der Waals surface area contributed by atoms with Gasteiger partial charge in [-0.25, -0.2) is 4.98 Å². The number of aryl methyl sites for hydroxylation is 1. The molecule has 0 bridgehead atoms. The second kappa shape index (κ2) is 8.61. The highest BCUT2D eigenvalue weighted by molar-refractivity contribution is 5.86. The molecule has 1 atom stereocenters. The molecular weight excluding hydrogens is 362 g/mol. The van der Waals surface area contributed by atoms with Gasteiger partial charge in [0.2, 0.25) is 0 Å². The van der Waals surface area contributed by atoms with Crippen LogP contribution in [0.1, 0.15) is 24.1 Å². The number of anilines is 1. The Morgan fingerprint density at radius 3 is 2.69 bits per heavy atom. The van der Waals surface area contributed by atoms with Crippen molar-refractivity contribution in [3.05, 3.63) is 96.1 Å². The van der Waals surface area contributed by atoms with E-state index in [1.54, 1.807) is 19.5 Å². The van der Waals surface area contributed by atoms with Crippen molar-refractivity contribution >= 4 is 16.7 Å². The van der Waals surface area contributed by atoms with E-state index in [-0.39, 0.29) is 5.75 Å². The van der Waals surface area contributed by atoms with E-state index in [4.69, 9.17) is 4.74 Å². The first-order valence-electron chi connectivity index (χ1n) is 9.27. The van der Waals surface area contributed by atoms with Gasteiger partial charge in [0, 0.05) is 23.3 Å². The maximum absolute atomic E-state index is 11.0.